The van der Waals surface area contributed by atoms with Gasteiger partial charge in [-0.15, -0.1) is 0 Å². The fourth-order valence-corrected chi connectivity index (χ4v) is 2.75. The third-order valence-electron chi connectivity index (χ3n) is 3.87. The van der Waals surface area contributed by atoms with E-state index in [1.165, 1.54) is 0 Å². The van der Waals surface area contributed by atoms with Crippen LogP contribution in [0.4, 0.5) is 0 Å². The summed E-state index contributed by atoms with van der Waals surface area (Å²) in [4.78, 5) is 12.6. The molecule has 0 fully saturated rings. The van der Waals surface area contributed by atoms with Crippen molar-refractivity contribution < 1.29 is 4.79 Å². The Morgan fingerprint density at radius 3 is 2.55 bits per heavy atom. The second-order valence-corrected chi connectivity index (χ2v) is 5.27. The molecule has 0 N–H and O–H groups in total. The summed E-state index contributed by atoms with van der Waals surface area (Å²) in [5.74, 6) is -0.874. The number of hydrogen-bond acceptors (Lipinski definition) is 2. The van der Waals surface area contributed by atoms with E-state index in [1.54, 1.807) is 12.2 Å². The van der Waals surface area contributed by atoms with Crippen molar-refractivity contribution in [2.75, 3.05) is 0 Å². The molecule has 0 spiro atoms. The monoisotopic (exact) mass is 285 g/mol. The van der Waals surface area contributed by atoms with Crippen LogP contribution in [0.2, 0.25) is 0 Å². The van der Waals surface area contributed by atoms with E-state index in [1.807, 2.05) is 66.7 Å². The van der Waals surface area contributed by atoms with Gasteiger partial charge in [0.1, 0.15) is 0 Å². The van der Waals surface area contributed by atoms with Crippen molar-refractivity contribution in [2.45, 2.75) is 5.92 Å². The van der Waals surface area contributed by atoms with E-state index in [0.717, 1.165) is 16.7 Å². The smallest absolute Gasteiger partial charge is 0.164 e. The Kier molecular flexibility index (Phi) is 3.98. The second kappa shape index (κ2) is 6.24. The van der Waals surface area contributed by atoms with Gasteiger partial charge in [-0.1, -0.05) is 72.8 Å². The third kappa shape index (κ3) is 2.75. The van der Waals surface area contributed by atoms with Gasteiger partial charge in [0.25, 0.3) is 0 Å². The maximum absolute atomic E-state index is 12.6. The number of ketones is 1. The molecule has 1 aliphatic rings. The summed E-state index contributed by atoms with van der Waals surface area (Å²) in [7, 11) is 0. The van der Waals surface area contributed by atoms with Gasteiger partial charge in [-0.05, 0) is 22.8 Å². The van der Waals surface area contributed by atoms with Crippen molar-refractivity contribution in [3.63, 3.8) is 0 Å². The largest absolute Gasteiger partial charge is 0.294 e. The molecule has 2 atom stereocenters. The number of carbonyl (C=O) groups excluding carboxylic acids is 1. The third-order valence-corrected chi connectivity index (χ3v) is 3.87. The molecule has 2 aromatic carbocycles. The second-order valence-electron chi connectivity index (χ2n) is 5.27. The molecule has 2 aromatic rings. The molecule has 106 valence electrons. The summed E-state index contributed by atoms with van der Waals surface area (Å²) in [5.41, 5.74) is 2.92. The molecular formula is C20H15NO. The number of allylic oxidation sites excluding steroid dienone is 2. The molecule has 3 rings (SSSR count). The van der Waals surface area contributed by atoms with Gasteiger partial charge in [0.2, 0.25) is 0 Å². The van der Waals surface area contributed by atoms with Crippen LogP contribution < -0.4 is 0 Å². The van der Waals surface area contributed by atoms with Crippen LogP contribution in [-0.2, 0) is 4.79 Å². The van der Waals surface area contributed by atoms with E-state index >= 15 is 0 Å². The molecule has 0 bridgehead atoms. The molecule has 0 saturated heterocycles. The Hall–Kier alpha value is -2.92. The lowest BCUT2D eigenvalue weighted by Gasteiger charge is -2.23. The van der Waals surface area contributed by atoms with Gasteiger partial charge in [-0.3, -0.25) is 4.79 Å². The van der Waals surface area contributed by atoms with E-state index in [-0.39, 0.29) is 5.78 Å². The molecule has 0 saturated carbocycles. The normalized spacial score (nSPS) is 19.6. The number of benzene rings is 2. The Labute approximate surface area is 130 Å². The van der Waals surface area contributed by atoms with Crippen LogP contribution in [0.5, 0.6) is 0 Å². The standard InChI is InChI=1S/C20H15NO/c21-14-17-12-11-16-8-4-5-9-18(16)20(17)19(22)13-10-15-6-2-1-3-7-15/h1-13,17,20H/b13-10+/t17-,20-/m1/s1. The minimum Gasteiger partial charge on any atom is -0.294 e. The Morgan fingerprint density at radius 1 is 1.05 bits per heavy atom. The van der Waals surface area contributed by atoms with E-state index in [9.17, 15) is 10.1 Å². The number of nitriles is 1. The SMILES string of the molecule is N#C[C@H]1C=Cc2ccccc2[C@@H]1C(=O)/C=C/c1ccccc1. The molecular weight excluding hydrogens is 270 g/mol. The van der Waals surface area contributed by atoms with Gasteiger partial charge in [-0.2, -0.15) is 5.26 Å². The van der Waals surface area contributed by atoms with Gasteiger partial charge >= 0.3 is 0 Å². The molecule has 2 heteroatoms. The van der Waals surface area contributed by atoms with Crippen LogP contribution in [0, 0.1) is 17.2 Å². The van der Waals surface area contributed by atoms with E-state index in [4.69, 9.17) is 0 Å². The zero-order chi connectivity index (χ0) is 15.4. The molecule has 0 unspecified atom stereocenters. The van der Waals surface area contributed by atoms with Crippen LogP contribution in [0.15, 0.2) is 66.7 Å². The van der Waals surface area contributed by atoms with Crippen LogP contribution in [0.3, 0.4) is 0 Å². The first-order chi connectivity index (χ1) is 10.8. The molecule has 22 heavy (non-hydrogen) atoms. The Balaban J connectivity index is 1.92. The topological polar surface area (TPSA) is 40.9 Å². The van der Waals surface area contributed by atoms with E-state index in [0.29, 0.717) is 0 Å². The predicted molar refractivity (Wildman–Crippen MR) is 87.8 cm³/mol. The van der Waals surface area contributed by atoms with E-state index in [2.05, 4.69) is 6.07 Å². The Bertz CT molecular complexity index is 781. The average molecular weight is 285 g/mol. The summed E-state index contributed by atoms with van der Waals surface area (Å²) >= 11 is 0. The number of fused-ring (bicyclic) bond motifs is 1. The summed E-state index contributed by atoms with van der Waals surface area (Å²) in [5, 5.41) is 9.34. The lowest BCUT2D eigenvalue weighted by Crippen LogP contribution is -2.21. The Morgan fingerprint density at radius 2 is 1.77 bits per heavy atom. The summed E-state index contributed by atoms with van der Waals surface area (Å²) in [6, 6.07) is 19.7. The fraction of sp³-hybridized carbons (Fsp3) is 0.100. The van der Waals surface area contributed by atoms with Crippen molar-refractivity contribution in [3.8, 4) is 6.07 Å². The highest BCUT2D eigenvalue weighted by atomic mass is 16.1. The summed E-state index contributed by atoms with van der Waals surface area (Å²) in [6.45, 7) is 0. The van der Waals surface area contributed by atoms with Gasteiger partial charge in [0, 0.05) is 0 Å². The zero-order valence-electron chi connectivity index (χ0n) is 12.0. The predicted octanol–water partition coefficient (Wildman–Crippen LogP) is 4.22. The lowest BCUT2D eigenvalue weighted by molar-refractivity contribution is -0.116. The maximum Gasteiger partial charge on any atom is 0.164 e. The molecule has 0 amide bonds. The fourth-order valence-electron chi connectivity index (χ4n) is 2.75. The minimum atomic E-state index is -0.425. The number of rotatable bonds is 3. The van der Waals surface area contributed by atoms with Crippen LogP contribution in [0.25, 0.3) is 12.2 Å². The molecule has 0 aromatic heterocycles. The highest BCUT2D eigenvalue weighted by Gasteiger charge is 2.30. The highest BCUT2D eigenvalue weighted by molar-refractivity contribution is 6.00. The zero-order valence-corrected chi connectivity index (χ0v) is 12.0. The molecule has 0 radical (unpaired) electrons. The lowest BCUT2D eigenvalue weighted by atomic mass is 9.77. The maximum atomic E-state index is 12.6. The minimum absolute atomic E-state index is 0.0350. The van der Waals surface area contributed by atoms with Crippen molar-refractivity contribution in [1.29, 1.82) is 5.26 Å². The van der Waals surface area contributed by atoms with Gasteiger partial charge in [0.15, 0.2) is 5.78 Å². The number of nitrogens with zero attached hydrogens (tertiary/aromatic N) is 1. The van der Waals surface area contributed by atoms with Crippen molar-refractivity contribution in [1.82, 2.24) is 0 Å². The van der Waals surface area contributed by atoms with Crippen molar-refractivity contribution >= 4 is 17.9 Å². The highest BCUT2D eigenvalue weighted by Crippen LogP contribution is 2.34. The first-order valence-corrected chi connectivity index (χ1v) is 7.23. The summed E-state index contributed by atoms with van der Waals surface area (Å²) < 4.78 is 0. The van der Waals surface area contributed by atoms with E-state index < -0.39 is 11.8 Å². The first-order valence-electron chi connectivity index (χ1n) is 7.23. The first kappa shape index (κ1) is 14.0. The molecule has 1 aliphatic carbocycles. The van der Waals surface area contributed by atoms with Crippen molar-refractivity contribution in [3.05, 3.63) is 83.4 Å². The number of hydrogen-bond donors (Lipinski definition) is 0. The molecule has 0 heterocycles. The number of carbonyl (C=O) groups is 1. The van der Waals surface area contributed by atoms with Gasteiger partial charge in [-0.25, -0.2) is 0 Å². The van der Waals surface area contributed by atoms with Crippen LogP contribution in [0.1, 0.15) is 22.6 Å². The van der Waals surface area contributed by atoms with Crippen molar-refractivity contribution in [2.24, 2.45) is 5.92 Å². The van der Waals surface area contributed by atoms with Crippen LogP contribution >= 0.6 is 0 Å². The molecule has 2 nitrogen and oxygen atoms in total. The molecule has 0 aliphatic heterocycles. The van der Waals surface area contributed by atoms with Gasteiger partial charge < -0.3 is 0 Å². The van der Waals surface area contributed by atoms with Gasteiger partial charge in [0.05, 0.1) is 17.9 Å². The van der Waals surface area contributed by atoms with Crippen LogP contribution in [-0.4, -0.2) is 5.78 Å². The quantitative estimate of drug-likeness (QED) is 0.792. The average Bonchev–Trinajstić information content (AvgIpc) is 2.59. The summed E-state index contributed by atoms with van der Waals surface area (Å²) in [6.07, 6.45) is 7.13.